The molecule has 0 aliphatic carbocycles. The van der Waals surface area contributed by atoms with Crippen molar-refractivity contribution in [2.45, 2.75) is 95.4 Å². The summed E-state index contributed by atoms with van der Waals surface area (Å²) in [7, 11) is 0. The van der Waals surface area contributed by atoms with Crippen LogP contribution in [0.3, 0.4) is 0 Å². The Balaban J connectivity index is 1.23. The molecule has 8 nitrogen and oxygen atoms in total. The number of rotatable bonds is 6. The molecule has 0 N–H and O–H groups in total. The van der Waals surface area contributed by atoms with E-state index in [0.717, 1.165) is 24.8 Å². The molecule has 0 saturated carbocycles. The minimum absolute atomic E-state index is 0.00570. The van der Waals surface area contributed by atoms with Crippen molar-refractivity contribution in [3.8, 4) is 0 Å². The summed E-state index contributed by atoms with van der Waals surface area (Å²) >= 11 is 6.39. The average molecular weight is 607 g/mol. The molecule has 5 aliphatic rings. The van der Waals surface area contributed by atoms with E-state index in [2.05, 4.69) is 19.1 Å². The number of likely N-dealkylation sites (N-methyl/N-ethyl adjacent to an activating group) is 1. The maximum atomic E-state index is 14.5. The zero-order valence-electron chi connectivity index (χ0n) is 25.5. The van der Waals surface area contributed by atoms with Crippen LogP contribution < -0.4 is 0 Å². The van der Waals surface area contributed by atoms with Crippen LogP contribution in [0.15, 0.2) is 48.6 Å². The molecule has 0 radical (unpaired) electrons. The van der Waals surface area contributed by atoms with Crippen LogP contribution in [-0.4, -0.2) is 92.6 Å². The molecule has 4 amide bonds. The predicted molar refractivity (Wildman–Crippen MR) is 165 cm³/mol. The van der Waals surface area contributed by atoms with Gasteiger partial charge >= 0.3 is 0 Å². The maximum Gasteiger partial charge on any atom is 0.253 e. The predicted octanol–water partition coefficient (Wildman–Crippen LogP) is 4.22. The molecule has 9 heteroatoms. The number of nitrogens with zero attached hydrogens (tertiary/aromatic N) is 4. The molecule has 3 saturated heterocycles. The Morgan fingerprint density at radius 3 is 2.58 bits per heavy atom. The first-order valence-electron chi connectivity index (χ1n) is 16.1. The second-order valence-electron chi connectivity index (χ2n) is 12.9. The largest absolute Gasteiger partial charge is 0.335 e. The summed E-state index contributed by atoms with van der Waals surface area (Å²) in [5, 5.41) is 0.632. The number of fused-ring (bicyclic) bond motifs is 2. The van der Waals surface area contributed by atoms with E-state index in [1.807, 2.05) is 55.2 Å². The highest BCUT2D eigenvalue weighted by Gasteiger charge is 2.57. The zero-order chi connectivity index (χ0) is 30.5. The van der Waals surface area contributed by atoms with Gasteiger partial charge in [0, 0.05) is 42.5 Å². The number of benzene rings is 1. The van der Waals surface area contributed by atoms with Gasteiger partial charge in [0.05, 0.1) is 6.04 Å². The molecule has 5 heterocycles. The third kappa shape index (κ3) is 4.90. The van der Waals surface area contributed by atoms with Crippen molar-refractivity contribution in [3.63, 3.8) is 0 Å². The lowest BCUT2D eigenvalue weighted by atomic mass is 9.87. The van der Waals surface area contributed by atoms with Crippen molar-refractivity contribution in [1.29, 1.82) is 0 Å². The lowest BCUT2D eigenvalue weighted by Crippen LogP contribution is -2.64. The Kier molecular flexibility index (Phi) is 8.18. The van der Waals surface area contributed by atoms with Gasteiger partial charge in [-0.2, -0.15) is 0 Å². The fourth-order valence-electron chi connectivity index (χ4n) is 8.25. The first kappa shape index (κ1) is 29.9. The number of halogens is 1. The van der Waals surface area contributed by atoms with Crippen LogP contribution in [0.4, 0.5) is 0 Å². The summed E-state index contributed by atoms with van der Waals surface area (Å²) in [6.07, 6.45) is 12.8. The van der Waals surface area contributed by atoms with E-state index in [1.165, 1.54) is 0 Å². The van der Waals surface area contributed by atoms with Crippen LogP contribution in [0.2, 0.25) is 5.02 Å². The van der Waals surface area contributed by atoms with Gasteiger partial charge in [0.25, 0.3) is 5.91 Å². The van der Waals surface area contributed by atoms with Gasteiger partial charge in [0.2, 0.25) is 17.7 Å². The molecule has 7 atom stereocenters. The molecule has 3 fully saturated rings. The standard InChI is InChI=1S/C34H43ClN4O4/c1-4-25-12-11-23-16-20-37(29(23)32(42)36(25)5-2)31(41)28-14-13-26-15-18-34(33(43)39(26)28)17-8-19-38(34)30(40)22(3)21-24-9-6-7-10-27(24)35/h6-7,9-12,15,18,22-23,25-26,28-29H,4-5,8,13-14,16-17,19-21H2,1-3H3/t22?,23-,25+,26-,28-,29?,34+/m0/s1. The molecule has 0 aromatic heterocycles. The molecular weight excluding hydrogens is 564 g/mol. The summed E-state index contributed by atoms with van der Waals surface area (Å²) in [5.41, 5.74) is -0.166. The minimum Gasteiger partial charge on any atom is -0.335 e. The second-order valence-corrected chi connectivity index (χ2v) is 13.3. The normalized spacial score (nSPS) is 32.4. The highest BCUT2D eigenvalue weighted by molar-refractivity contribution is 6.31. The van der Waals surface area contributed by atoms with Gasteiger partial charge in [0.1, 0.15) is 17.6 Å². The number of hydrogen-bond donors (Lipinski definition) is 0. The fraction of sp³-hybridized carbons (Fsp3) is 0.588. The summed E-state index contributed by atoms with van der Waals surface area (Å²) in [6, 6.07) is 6.25. The van der Waals surface area contributed by atoms with Crippen molar-refractivity contribution < 1.29 is 19.2 Å². The molecule has 5 aliphatic heterocycles. The van der Waals surface area contributed by atoms with Crippen molar-refractivity contribution >= 4 is 35.2 Å². The number of hydrogen-bond acceptors (Lipinski definition) is 4. The maximum absolute atomic E-state index is 14.5. The van der Waals surface area contributed by atoms with E-state index in [4.69, 9.17) is 11.6 Å². The summed E-state index contributed by atoms with van der Waals surface area (Å²) < 4.78 is 0. The Hall–Kier alpha value is -3.13. The average Bonchev–Trinajstić information content (AvgIpc) is 3.73. The lowest BCUT2D eigenvalue weighted by molar-refractivity contribution is -0.157. The molecule has 43 heavy (non-hydrogen) atoms. The highest BCUT2D eigenvalue weighted by Crippen LogP contribution is 2.43. The third-order valence-electron chi connectivity index (χ3n) is 10.5. The van der Waals surface area contributed by atoms with Crippen molar-refractivity contribution in [2.75, 3.05) is 19.6 Å². The number of carbonyl (C=O) groups excluding carboxylic acids is 4. The lowest BCUT2D eigenvalue weighted by Gasteiger charge is -2.45. The molecule has 230 valence electrons. The quantitative estimate of drug-likeness (QED) is 0.454. The SMILES string of the molecule is CC[C@@H]1C=C[C@H]2CCN(C(=O)[C@@H]3CC[C@H]4C=C[C@]5(CCCN5C(=O)C(C)Cc5ccccc5Cl)C(=O)N43)C2C(=O)N1CC. The van der Waals surface area contributed by atoms with Crippen LogP contribution in [-0.2, 0) is 25.6 Å². The monoisotopic (exact) mass is 606 g/mol. The van der Waals surface area contributed by atoms with E-state index in [0.29, 0.717) is 50.3 Å². The van der Waals surface area contributed by atoms with Gasteiger partial charge in [-0.3, -0.25) is 19.2 Å². The van der Waals surface area contributed by atoms with Crippen LogP contribution in [0.5, 0.6) is 0 Å². The van der Waals surface area contributed by atoms with Crippen molar-refractivity contribution in [2.24, 2.45) is 11.8 Å². The molecule has 0 bridgehead atoms. The zero-order valence-corrected chi connectivity index (χ0v) is 26.2. The van der Waals surface area contributed by atoms with E-state index < -0.39 is 17.6 Å². The smallest absolute Gasteiger partial charge is 0.253 e. The number of carbonyl (C=O) groups is 4. The van der Waals surface area contributed by atoms with Crippen LogP contribution in [0, 0.1) is 11.8 Å². The van der Waals surface area contributed by atoms with Gasteiger partial charge in [0.15, 0.2) is 0 Å². The summed E-state index contributed by atoms with van der Waals surface area (Å²) in [6.45, 7) is 7.56. The van der Waals surface area contributed by atoms with E-state index in [1.54, 1.807) is 14.7 Å². The Morgan fingerprint density at radius 1 is 1.05 bits per heavy atom. The Morgan fingerprint density at radius 2 is 1.84 bits per heavy atom. The first-order valence-corrected chi connectivity index (χ1v) is 16.5. The van der Waals surface area contributed by atoms with Crippen LogP contribution in [0.1, 0.15) is 64.9 Å². The topological polar surface area (TPSA) is 81.2 Å². The molecule has 1 spiro atoms. The van der Waals surface area contributed by atoms with E-state index >= 15 is 0 Å². The number of likely N-dealkylation sites (tertiary alicyclic amines) is 2. The summed E-state index contributed by atoms with van der Waals surface area (Å²) in [4.78, 5) is 63.6. The molecule has 1 aromatic carbocycles. The minimum atomic E-state index is -1.08. The number of amides is 4. The molecule has 2 unspecified atom stereocenters. The van der Waals surface area contributed by atoms with Crippen molar-refractivity contribution in [3.05, 3.63) is 59.2 Å². The molecule has 6 rings (SSSR count). The van der Waals surface area contributed by atoms with E-state index in [-0.39, 0.29) is 47.5 Å². The van der Waals surface area contributed by atoms with Gasteiger partial charge in [-0.25, -0.2) is 0 Å². The van der Waals surface area contributed by atoms with Gasteiger partial charge in [-0.15, -0.1) is 0 Å². The fourth-order valence-corrected chi connectivity index (χ4v) is 8.46. The second kappa shape index (κ2) is 11.8. The summed E-state index contributed by atoms with van der Waals surface area (Å²) in [5.74, 6) is -0.718. The molecule has 1 aromatic rings. The highest BCUT2D eigenvalue weighted by atomic mass is 35.5. The van der Waals surface area contributed by atoms with Crippen molar-refractivity contribution in [1.82, 2.24) is 19.6 Å². The van der Waals surface area contributed by atoms with Crippen LogP contribution in [0.25, 0.3) is 0 Å². The van der Waals surface area contributed by atoms with Gasteiger partial charge < -0.3 is 19.6 Å². The van der Waals surface area contributed by atoms with Gasteiger partial charge in [-0.1, -0.05) is 68.0 Å². The Bertz CT molecular complexity index is 1360. The Labute approximate surface area is 259 Å². The van der Waals surface area contributed by atoms with Gasteiger partial charge in [-0.05, 0) is 63.5 Å². The molecular formula is C34H43ClN4O4. The van der Waals surface area contributed by atoms with Crippen LogP contribution >= 0.6 is 11.6 Å². The van der Waals surface area contributed by atoms with E-state index in [9.17, 15) is 19.2 Å². The third-order valence-corrected chi connectivity index (χ3v) is 10.9. The first-order chi connectivity index (χ1) is 20.7.